The largest absolute Gasteiger partial charge is 0.273 e. The lowest BCUT2D eigenvalue weighted by molar-refractivity contribution is -0.127. The van der Waals surface area contributed by atoms with E-state index in [4.69, 9.17) is 0 Å². The number of nitrogens with one attached hydrogen (secondary N) is 1. The van der Waals surface area contributed by atoms with Crippen molar-refractivity contribution >= 4 is 11.6 Å². The van der Waals surface area contributed by atoms with E-state index in [0.29, 0.717) is 17.3 Å². The van der Waals surface area contributed by atoms with E-state index >= 15 is 0 Å². The van der Waals surface area contributed by atoms with Crippen LogP contribution in [0.3, 0.4) is 0 Å². The predicted molar refractivity (Wildman–Crippen MR) is 83.5 cm³/mol. The van der Waals surface area contributed by atoms with Crippen LogP contribution in [0.25, 0.3) is 0 Å². The summed E-state index contributed by atoms with van der Waals surface area (Å²) in [6.07, 6.45) is 8.34. The van der Waals surface area contributed by atoms with Crippen LogP contribution in [-0.2, 0) is 4.79 Å². The Kier molecular flexibility index (Phi) is 4.87. The maximum absolute atomic E-state index is 12.2. The highest BCUT2D eigenvalue weighted by Gasteiger charge is 2.36. The number of amides is 1. The molecular formula is C17H30N2O. The molecule has 2 aliphatic rings. The normalized spacial score (nSPS) is 31.2. The second-order valence-corrected chi connectivity index (χ2v) is 7.68. The fourth-order valence-electron chi connectivity index (χ4n) is 3.81. The van der Waals surface area contributed by atoms with Gasteiger partial charge in [0.2, 0.25) is 5.91 Å². The molecule has 0 spiro atoms. The molecule has 0 saturated heterocycles. The van der Waals surface area contributed by atoms with Crippen molar-refractivity contribution in [2.75, 3.05) is 0 Å². The summed E-state index contributed by atoms with van der Waals surface area (Å²) >= 11 is 0. The topological polar surface area (TPSA) is 41.5 Å². The van der Waals surface area contributed by atoms with Gasteiger partial charge in [0.1, 0.15) is 0 Å². The van der Waals surface area contributed by atoms with E-state index in [0.717, 1.165) is 12.8 Å². The average Bonchev–Trinajstić information content (AvgIpc) is 2.36. The molecule has 0 radical (unpaired) electrons. The van der Waals surface area contributed by atoms with Crippen molar-refractivity contribution in [2.45, 2.75) is 72.6 Å². The summed E-state index contributed by atoms with van der Waals surface area (Å²) in [7, 11) is 0. The molecule has 1 heterocycles. The Balaban J connectivity index is 2.16. The fourth-order valence-corrected chi connectivity index (χ4v) is 3.81. The van der Waals surface area contributed by atoms with E-state index in [9.17, 15) is 4.79 Å². The number of carbonyl (C=O) groups excluding carboxylic acids is 1. The molecule has 1 amide bonds. The standard InChI is InChI=1S/C17H30N2O/c1-12(2)15-13-9-7-11-17(3,4)10-6-5-8-14(13)16(20)19-18-15/h12-14H,5-11H2,1-4H3,(H,19,20). The molecular weight excluding hydrogens is 248 g/mol. The maximum atomic E-state index is 12.2. The van der Waals surface area contributed by atoms with Crippen molar-refractivity contribution in [3.8, 4) is 0 Å². The summed E-state index contributed by atoms with van der Waals surface area (Å²) in [5, 5.41) is 4.37. The van der Waals surface area contributed by atoms with E-state index in [1.54, 1.807) is 0 Å². The molecule has 20 heavy (non-hydrogen) atoms. The number of hydrogen-bond donors (Lipinski definition) is 1. The highest BCUT2D eigenvalue weighted by atomic mass is 16.2. The molecule has 0 aromatic heterocycles. The maximum Gasteiger partial charge on any atom is 0.243 e. The van der Waals surface area contributed by atoms with Gasteiger partial charge < -0.3 is 0 Å². The summed E-state index contributed by atoms with van der Waals surface area (Å²) in [4.78, 5) is 12.2. The van der Waals surface area contributed by atoms with Gasteiger partial charge in [0.15, 0.2) is 0 Å². The van der Waals surface area contributed by atoms with Crippen LogP contribution in [0.4, 0.5) is 0 Å². The molecule has 2 atom stereocenters. The zero-order chi connectivity index (χ0) is 14.8. The summed E-state index contributed by atoms with van der Waals surface area (Å²) in [6.45, 7) is 9.15. The zero-order valence-corrected chi connectivity index (χ0v) is 13.5. The zero-order valence-electron chi connectivity index (χ0n) is 13.5. The third-order valence-corrected chi connectivity index (χ3v) is 5.08. The molecule has 3 nitrogen and oxygen atoms in total. The Hall–Kier alpha value is -0.860. The number of carbonyl (C=O) groups is 1. The quantitative estimate of drug-likeness (QED) is 0.770. The molecule has 1 aliphatic carbocycles. The molecule has 2 unspecified atom stereocenters. The van der Waals surface area contributed by atoms with E-state index in [-0.39, 0.29) is 11.8 Å². The van der Waals surface area contributed by atoms with Gasteiger partial charge in [-0.3, -0.25) is 4.79 Å². The third-order valence-electron chi connectivity index (χ3n) is 5.08. The van der Waals surface area contributed by atoms with Crippen molar-refractivity contribution in [3.05, 3.63) is 0 Å². The van der Waals surface area contributed by atoms with Crippen molar-refractivity contribution in [1.29, 1.82) is 0 Å². The van der Waals surface area contributed by atoms with Gasteiger partial charge in [-0.1, -0.05) is 47.0 Å². The highest BCUT2D eigenvalue weighted by Crippen LogP contribution is 2.37. The monoisotopic (exact) mass is 278 g/mol. The smallest absolute Gasteiger partial charge is 0.243 e. The van der Waals surface area contributed by atoms with Gasteiger partial charge in [0.05, 0.1) is 0 Å². The minimum absolute atomic E-state index is 0.152. The van der Waals surface area contributed by atoms with Gasteiger partial charge in [-0.05, 0) is 37.0 Å². The first-order chi connectivity index (χ1) is 9.41. The van der Waals surface area contributed by atoms with Gasteiger partial charge in [0, 0.05) is 17.5 Å². The number of rotatable bonds is 1. The van der Waals surface area contributed by atoms with Crippen LogP contribution in [0.15, 0.2) is 5.10 Å². The van der Waals surface area contributed by atoms with E-state index in [2.05, 4.69) is 38.2 Å². The summed E-state index contributed by atoms with van der Waals surface area (Å²) in [6, 6.07) is 0. The SMILES string of the molecule is CC(C)C1=NNC(=O)C2CCCCC(C)(C)CCCC12. The van der Waals surface area contributed by atoms with Crippen LogP contribution < -0.4 is 5.43 Å². The molecule has 0 aromatic carbocycles. The van der Waals surface area contributed by atoms with Crippen molar-refractivity contribution < 1.29 is 4.79 Å². The van der Waals surface area contributed by atoms with Crippen molar-refractivity contribution in [3.63, 3.8) is 0 Å². The summed E-state index contributed by atoms with van der Waals surface area (Å²) in [5.74, 6) is 1.11. The minimum Gasteiger partial charge on any atom is -0.273 e. The Morgan fingerprint density at radius 3 is 2.45 bits per heavy atom. The first kappa shape index (κ1) is 15.5. The lowest BCUT2D eigenvalue weighted by atomic mass is 9.73. The van der Waals surface area contributed by atoms with Gasteiger partial charge in [0.25, 0.3) is 0 Å². The highest BCUT2D eigenvalue weighted by molar-refractivity contribution is 5.96. The average molecular weight is 278 g/mol. The Morgan fingerprint density at radius 1 is 1.10 bits per heavy atom. The first-order valence-electron chi connectivity index (χ1n) is 8.28. The first-order valence-corrected chi connectivity index (χ1v) is 8.28. The molecule has 1 aliphatic heterocycles. The lowest BCUT2D eigenvalue weighted by Gasteiger charge is -2.35. The summed E-state index contributed by atoms with van der Waals surface area (Å²) in [5.41, 5.74) is 4.44. The van der Waals surface area contributed by atoms with Crippen LogP contribution in [0.2, 0.25) is 0 Å². The second-order valence-electron chi connectivity index (χ2n) is 7.68. The number of nitrogens with zero attached hydrogens (tertiary/aromatic N) is 1. The van der Waals surface area contributed by atoms with E-state index in [1.807, 2.05) is 0 Å². The van der Waals surface area contributed by atoms with Crippen LogP contribution in [-0.4, -0.2) is 11.6 Å². The lowest BCUT2D eigenvalue weighted by Crippen LogP contribution is -2.43. The molecule has 0 bridgehead atoms. The molecule has 1 saturated carbocycles. The molecule has 2 rings (SSSR count). The van der Waals surface area contributed by atoms with Gasteiger partial charge in [-0.2, -0.15) is 5.10 Å². The Bertz CT molecular complexity index is 384. The van der Waals surface area contributed by atoms with Crippen LogP contribution >= 0.6 is 0 Å². The fraction of sp³-hybridized carbons (Fsp3) is 0.882. The minimum atomic E-state index is 0.152. The summed E-state index contributed by atoms with van der Waals surface area (Å²) < 4.78 is 0. The molecule has 114 valence electrons. The van der Waals surface area contributed by atoms with Gasteiger partial charge in [-0.15, -0.1) is 0 Å². The van der Waals surface area contributed by atoms with Crippen LogP contribution in [0.5, 0.6) is 0 Å². The number of hydrazone groups is 1. The molecule has 3 heteroatoms. The predicted octanol–water partition coefficient (Wildman–Crippen LogP) is 4.13. The van der Waals surface area contributed by atoms with Crippen LogP contribution in [0.1, 0.15) is 72.6 Å². The molecule has 1 N–H and O–H groups in total. The van der Waals surface area contributed by atoms with Crippen molar-refractivity contribution in [1.82, 2.24) is 5.43 Å². The number of hydrogen-bond acceptors (Lipinski definition) is 2. The number of fused-ring (bicyclic) bond motifs is 1. The Labute approximate surface area is 123 Å². The third kappa shape index (κ3) is 3.62. The second kappa shape index (κ2) is 6.28. The molecule has 0 aromatic rings. The van der Waals surface area contributed by atoms with E-state index < -0.39 is 0 Å². The Morgan fingerprint density at radius 2 is 1.75 bits per heavy atom. The van der Waals surface area contributed by atoms with Crippen LogP contribution in [0, 0.1) is 23.2 Å². The van der Waals surface area contributed by atoms with Gasteiger partial charge >= 0.3 is 0 Å². The van der Waals surface area contributed by atoms with E-state index in [1.165, 1.54) is 37.8 Å². The van der Waals surface area contributed by atoms with Crippen molar-refractivity contribution in [2.24, 2.45) is 28.3 Å². The molecule has 1 fully saturated rings. The van der Waals surface area contributed by atoms with Gasteiger partial charge in [-0.25, -0.2) is 5.43 Å².